The lowest BCUT2D eigenvalue weighted by molar-refractivity contribution is -0.126. The highest BCUT2D eigenvalue weighted by Crippen LogP contribution is 2.32. The summed E-state index contributed by atoms with van der Waals surface area (Å²) in [5.74, 6) is -0.908. The molecule has 0 atom stereocenters. The van der Waals surface area contributed by atoms with Gasteiger partial charge in [0.05, 0.1) is 5.69 Å². The van der Waals surface area contributed by atoms with Gasteiger partial charge in [-0.1, -0.05) is 0 Å². The Balaban J connectivity index is 0.00000210. The van der Waals surface area contributed by atoms with Crippen molar-refractivity contribution >= 4 is 35.6 Å². The smallest absolute Gasteiger partial charge is 0.252 e. The molecule has 9 heteroatoms. The maximum absolute atomic E-state index is 14.5. The summed E-state index contributed by atoms with van der Waals surface area (Å²) < 4.78 is 16.2. The lowest BCUT2D eigenvalue weighted by atomic mass is 9.87. The predicted molar refractivity (Wildman–Crippen MR) is 102 cm³/mol. The van der Waals surface area contributed by atoms with Crippen LogP contribution in [0.3, 0.4) is 0 Å². The number of nitrogens with zero attached hydrogens (tertiary/aromatic N) is 2. The molecule has 0 spiro atoms. The van der Waals surface area contributed by atoms with Gasteiger partial charge in [0.15, 0.2) is 0 Å². The lowest BCUT2D eigenvalue weighted by Gasteiger charge is -2.36. The average molecular weight is 394 g/mol. The Morgan fingerprint density at radius 2 is 2.04 bits per heavy atom. The van der Waals surface area contributed by atoms with Crippen LogP contribution in [0.5, 0.6) is 0 Å². The topological polar surface area (TPSA) is 88.0 Å². The van der Waals surface area contributed by atoms with Gasteiger partial charge in [-0.05, 0) is 56.1 Å². The van der Waals surface area contributed by atoms with Crippen LogP contribution in [0.2, 0.25) is 0 Å². The Morgan fingerprint density at radius 3 is 2.74 bits per heavy atom. The standard InChI is InChI=1S/C18H20FN5O2.ClH/c19-13-10-12-2-3-16(25)22-14(12)11-15(13)23-17(26)18(4-7-20-8-5-18)24-9-1-6-21-24;/h1,6,9-11,20H,2-5,7-8H2,(H,22,25)(H,23,26);1H. The monoisotopic (exact) mass is 393 g/mol. The van der Waals surface area contributed by atoms with Crippen molar-refractivity contribution in [2.24, 2.45) is 0 Å². The molecule has 0 bridgehead atoms. The molecule has 7 nitrogen and oxygen atoms in total. The predicted octanol–water partition coefficient (Wildman–Crippen LogP) is 2.05. The second kappa shape index (κ2) is 7.66. The van der Waals surface area contributed by atoms with E-state index in [4.69, 9.17) is 0 Å². The van der Waals surface area contributed by atoms with Crippen LogP contribution in [-0.2, 0) is 21.5 Å². The maximum atomic E-state index is 14.5. The molecule has 27 heavy (non-hydrogen) atoms. The van der Waals surface area contributed by atoms with Gasteiger partial charge in [-0.2, -0.15) is 5.10 Å². The molecule has 1 aromatic heterocycles. The van der Waals surface area contributed by atoms with E-state index in [0.29, 0.717) is 44.5 Å². The zero-order valence-electron chi connectivity index (χ0n) is 14.6. The van der Waals surface area contributed by atoms with Gasteiger partial charge in [0.25, 0.3) is 5.91 Å². The molecule has 3 N–H and O–H groups in total. The van der Waals surface area contributed by atoms with Gasteiger partial charge in [-0.15, -0.1) is 12.4 Å². The Hall–Kier alpha value is -2.45. The second-order valence-corrected chi connectivity index (χ2v) is 6.72. The first kappa shape index (κ1) is 19.3. The second-order valence-electron chi connectivity index (χ2n) is 6.72. The van der Waals surface area contributed by atoms with Gasteiger partial charge in [-0.25, -0.2) is 4.39 Å². The summed E-state index contributed by atoms with van der Waals surface area (Å²) in [5.41, 5.74) is 0.501. The zero-order valence-corrected chi connectivity index (χ0v) is 15.4. The largest absolute Gasteiger partial charge is 0.326 e. The highest BCUT2D eigenvalue weighted by Gasteiger charge is 2.42. The summed E-state index contributed by atoms with van der Waals surface area (Å²) in [4.78, 5) is 24.7. The third-order valence-corrected chi connectivity index (χ3v) is 5.13. The SMILES string of the molecule is Cl.O=C1CCc2cc(F)c(NC(=O)C3(n4cccn4)CCNCC3)cc2N1. The minimum atomic E-state index is -0.861. The molecule has 144 valence electrons. The molecular formula is C18H21ClFN5O2. The number of benzene rings is 1. The highest BCUT2D eigenvalue weighted by atomic mass is 35.5. The average Bonchev–Trinajstić information content (AvgIpc) is 3.18. The first-order chi connectivity index (χ1) is 12.6. The molecule has 0 saturated carbocycles. The fourth-order valence-corrected chi connectivity index (χ4v) is 3.66. The number of amides is 2. The van der Waals surface area contributed by atoms with Crippen LogP contribution in [0.15, 0.2) is 30.6 Å². The summed E-state index contributed by atoms with van der Waals surface area (Å²) in [6.45, 7) is 1.35. The molecule has 0 aliphatic carbocycles. The van der Waals surface area contributed by atoms with Gasteiger partial charge in [0, 0.05) is 24.5 Å². The van der Waals surface area contributed by atoms with E-state index < -0.39 is 11.4 Å². The van der Waals surface area contributed by atoms with Crippen LogP contribution in [-0.4, -0.2) is 34.7 Å². The van der Waals surface area contributed by atoms with E-state index in [0.717, 1.165) is 5.56 Å². The lowest BCUT2D eigenvalue weighted by Crippen LogP contribution is -2.52. The Kier molecular flexibility index (Phi) is 5.48. The molecule has 2 aliphatic rings. The van der Waals surface area contributed by atoms with Crippen molar-refractivity contribution in [2.45, 2.75) is 31.2 Å². The molecule has 1 saturated heterocycles. The first-order valence-corrected chi connectivity index (χ1v) is 8.73. The molecule has 0 unspecified atom stereocenters. The van der Waals surface area contributed by atoms with Crippen LogP contribution < -0.4 is 16.0 Å². The molecule has 0 radical (unpaired) electrons. The quantitative estimate of drug-likeness (QED) is 0.744. The van der Waals surface area contributed by atoms with Crippen LogP contribution in [0.4, 0.5) is 15.8 Å². The number of anilines is 2. The Bertz CT molecular complexity index is 850. The maximum Gasteiger partial charge on any atom is 0.252 e. The molecule has 2 aliphatic heterocycles. The van der Waals surface area contributed by atoms with E-state index in [1.807, 2.05) is 0 Å². The minimum absolute atomic E-state index is 0. The van der Waals surface area contributed by atoms with E-state index >= 15 is 0 Å². The van der Waals surface area contributed by atoms with E-state index in [2.05, 4.69) is 21.0 Å². The normalized spacial score (nSPS) is 18.0. The summed E-state index contributed by atoms with van der Waals surface area (Å²) in [6, 6.07) is 4.65. The fourth-order valence-electron chi connectivity index (χ4n) is 3.66. The van der Waals surface area contributed by atoms with Gasteiger partial charge in [0.1, 0.15) is 11.4 Å². The Morgan fingerprint density at radius 1 is 1.26 bits per heavy atom. The van der Waals surface area contributed by atoms with Crippen LogP contribution in [0.1, 0.15) is 24.8 Å². The summed E-state index contributed by atoms with van der Waals surface area (Å²) in [5, 5.41) is 12.9. The molecule has 1 fully saturated rings. The fraction of sp³-hybridized carbons (Fsp3) is 0.389. The molecule has 4 rings (SSSR count). The van der Waals surface area contributed by atoms with Gasteiger partial charge < -0.3 is 16.0 Å². The van der Waals surface area contributed by atoms with Crippen LogP contribution in [0, 0.1) is 5.82 Å². The molecule has 3 heterocycles. The van der Waals surface area contributed by atoms with E-state index in [-0.39, 0.29) is 29.9 Å². The molecular weight excluding hydrogens is 373 g/mol. The summed E-state index contributed by atoms with van der Waals surface area (Å²) >= 11 is 0. The number of carbonyl (C=O) groups excluding carboxylic acids is 2. The number of aryl methyl sites for hydroxylation is 1. The first-order valence-electron chi connectivity index (χ1n) is 8.73. The number of halogens is 2. The van der Waals surface area contributed by atoms with Gasteiger partial charge >= 0.3 is 0 Å². The van der Waals surface area contributed by atoms with E-state index in [1.54, 1.807) is 23.1 Å². The number of hydrogen-bond acceptors (Lipinski definition) is 4. The van der Waals surface area contributed by atoms with Crippen molar-refractivity contribution in [3.63, 3.8) is 0 Å². The number of hydrogen-bond donors (Lipinski definition) is 3. The van der Waals surface area contributed by atoms with E-state index in [1.165, 1.54) is 12.1 Å². The molecule has 2 amide bonds. The molecule has 1 aromatic carbocycles. The van der Waals surface area contributed by atoms with Gasteiger partial charge in [-0.3, -0.25) is 14.3 Å². The van der Waals surface area contributed by atoms with Crippen molar-refractivity contribution in [3.05, 3.63) is 42.0 Å². The number of fused-ring (bicyclic) bond motifs is 1. The van der Waals surface area contributed by atoms with Crippen molar-refractivity contribution in [2.75, 3.05) is 23.7 Å². The third-order valence-electron chi connectivity index (χ3n) is 5.13. The van der Waals surface area contributed by atoms with Crippen LogP contribution in [0.25, 0.3) is 0 Å². The number of carbonyl (C=O) groups is 2. The van der Waals surface area contributed by atoms with Crippen molar-refractivity contribution in [1.82, 2.24) is 15.1 Å². The number of piperidine rings is 1. The minimum Gasteiger partial charge on any atom is -0.326 e. The number of aromatic nitrogens is 2. The zero-order chi connectivity index (χ0) is 18.1. The number of rotatable bonds is 3. The highest BCUT2D eigenvalue weighted by molar-refractivity contribution is 5.99. The summed E-state index contributed by atoms with van der Waals surface area (Å²) in [6.07, 6.45) is 5.34. The van der Waals surface area contributed by atoms with Crippen LogP contribution >= 0.6 is 12.4 Å². The molecule has 2 aromatic rings. The van der Waals surface area contributed by atoms with Crippen molar-refractivity contribution in [1.29, 1.82) is 0 Å². The number of nitrogens with one attached hydrogen (secondary N) is 3. The van der Waals surface area contributed by atoms with Gasteiger partial charge in [0.2, 0.25) is 5.91 Å². The third kappa shape index (κ3) is 3.54. The summed E-state index contributed by atoms with van der Waals surface area (Å²) in [7, 11) is 0. The Labute approximate surface area is 162 Å². The van der Waals surface area contributed by atoms with Crippen molar-refractivity contribution in [3.8, 4) is 0 Å². The van der Waals surface area contributed by atoms with E-state index in [9.17, 15) is 14.0 Å². The van der Waals surface area contributed by atoms with Crippen molar-refractivity contribution < 1.29 is 14.0 Å².